The Morgan fingerprint density at radius 3 is 1.89 bits per heavy atom. The van der Waals surface area contributed by atoms with E-state index in [0.29, 0.717) is 19.3 Å². The zero-order chi connectivity index (χ0) is 34.3. The summed E-state index contributed by atoms with van der Waals surface area (Å²) in [5.41, 5.74) is -0.604. The molecule has 1 saturated heterocycles. The van der Waals surface area contributed by atoms with Gasteiger partial charge < -0.3 is 23.7 Å². The molecule has 0 amide bonds. The maximum absolute atomic E-state index is 13.5. The van der Waals surface area contributed by atoms with Crippen molar-refractivity contribution in [3.05, 3.63) is 0 Å². The first-order valence-corrected chi connectivity index (χ1v) is 17.3. The van der Waals surface area contributed by atoms with Gasteiger partial charge in [0.2, 0.25) is 0 Å². The molecule has 46 heavy (non-hydrogen) atoms. The highest BCUT2D eigenvalue weighted by Crippen LogP contribution is 2.66. The zero-order valence-electron chi connectivity index (χ0n) is 29.5. The van der Waals surface area contributed by atoms with Crippen molar-refractivity contribution in [2.24, 2.45) is 52.3 Å². The standard InChI is InChI=1S/C36H56O10/c1-18(2)19(3)33(44-23(7)39)34(45-24(8)40)20(4)26-11-12-27-25-15-32(41)46-31-16-29(42-21(5)37)30(43-22(6)38)17-36(31,10)28(25)13-14-35(26,27)9/h18-20,25-31,33-34H,11-17H2,1-10H3/t19-,20+,25?,26?,27?,28?,29?,30?,31?,33?,34?,35-,36-/m1/s1. The van der Waals surface area contributed by atoms with E-state index in [-0.39, 0.29) is 52.8 Å². The third-order valence-corrected chi connectivity index (χ3v) is 12.6. The molecule has 260 valence electrons. The molecular weight excluding hydrogens is 592 g/mol. The first kappa shape index (κ1) is 36.2. The highest BCUT2D eigenvalue weighted by molar-refractivity contribution is 5.71. The van der Waals surface area contributed by atoms with Crippen LogP contribution in [0, 0.1) is 52.3 Å². The molecular formula is C36H56O10. The van der Waals surface area contributed by atoms with E-state index in [2.05, 4.69) is 34.6 Å². The van der Waals surface area contributed by atoms with Gasteiger partial charge in [-0.25, -0.2) is 0 Å². The molecule has 1 aliphatic heterocycles. The van der Waals surface area contributed by atoms with Crippen LogP contribution < -0.4 is 0 Å². The second kappa shape index (κ2) is 13.8. The molecule has 9 unspecified atom stereocenters. The van der Waals surface area contributed by atoms with Crippen molar-refractivity contribution in [2.75, 3.05) is 0 Å². The van der Waals surface area contributed by atoms with Crippen LogP contribution in [0.2, 0.25) is 0 Å². The van der Waals surface area contributed by atoms with Gasteiger partial charge in [-0.3, -0.25) is 24.0 Å². The van der Waals surface area contributed by atoms with Crippen LogP contribution >= 0.6 is 0 Å². The van der Waals surface area contributed by atoms with Crippen molar-refractivity contribution >= 4 is 29.8 Å². The minimum atomic E-state index is -0.675. The number of carbonyl (C=O) groups excluding carboxylic acids is 5. The van der Waals surface area contributed by atoms with Crippen molar-refractivity contribution in [3.8, 4) is 0 Å². The molecule has 3 saturated carbocycles. The van der Waals surface area contributed by atoms with Gasteiger partial charge in [0.15, 0.2) is 0 Å². The Balaban J connectivity index is 1.66. The van der Waals surface area contributed by atoms with E-state index in [4.69, 9.17) is 23.7 Å². The summed E-state index contributed by atoms with van der Waals surface area (Å²) < 4.78 is 29.4. The lowest BCUT2D eigenvalue weighted by atomic mass is 9.49. The van der Waals surface area contributed by atoms with Crippen LogP contribution in [0.5, 0.6) is 0 Å². The van der Waals surface area contributed by atoms with E-state index in [1.165, 1.54) is 27.7 Å². The zero-order valence-corrected chi connectivity index (χ0v) is 29.5. The molecule has 0 radical (unpaired) electrons. The number of esters is 5. The van der Waals surface area contributed by atoms with E-state index in [1.54, 1.807) is 0 Å². The van der Waals surface area contributed by atoms with Gasteiger partial charge in [0, 0.05) is 51.9 Å². The van der Waals surface area contributed by atoms with Gasteiger partial charge in [-0.05, 0) is 73.0 Å². The smallest absolute Gasteiger partial charge is 0.306 e. The van der Waals surface area contributed by atoms with Crippen molar-refractivity contribution in [3.63, 3.8) is 0 Å². The predicted molar refractivity (Wildman–Crippen MR) is 168 cm³/mol. The van der Waals surface area contributed by atoms with Gasteiger partial charge in [-0.15, -0.1) is 0 Å². The fourth-order valence-corrected chi connectivity index (χ4v) is 10.2. The van der Waals surface area contributed by atoms with Crippen LogP contribution in [0.25, 0.3) is 0 Å². The average Bonchev–Trinajstić information content (AvgIpc) is 3.23. The van der Waals surface area contributed by atoms with E-state index >= 15 is 0 Å². The Bertz CT molecular complexity index is 1180. The minimum Gasteiger partial charge on any atom is -0.462 e. The van der Waals surface area contributed by atoms with Gasteiger partial charge in [-0.1, -0.05) is 41.5 Å². The summed E-state index contributed by atoms with van der Waals surface area (Å²) >= 11 is 0. The lowest BCUT2D eigenvalue weighted by Gasteiger charge is -2.56. The van der Waals surface area contributed by atoms with E-state index in [1.807, 2.05) is 6.92 Å². The second-order valence-electron chi connectivity index (χ2n) is 15.6. The van der Waals surface area contributed by atoms with Gasteiger partial charge >= 0.3 is 29.8 Å². The lowest BCUT2D eigenvalue weighted by Crippen LogP contribution is -2.57. The topological polar surface area (TPSA) is 132 Å². The molecule has 0 aromatic rings. The van der Waals surface area contributed by atoms with E-state index in [9.17, 15) is 24.0 Å². The molecule has 13 atom stereocenters. The van der Waals surface area contributed by atoms with Gasteiger partial charge in [-0.2, -0.15) is 0 Å². The average molecular weight is 649 g/mol. The summed E-state index contributed by atoms with van der Waals surface area (Å²) in [6, 6.07) is 0. The summed E-state index contributed by atoms with van der Waals surface area (Å²) in [5, 5.41) is 0. The number of carbonyl (C=O) groups is 5. The quantitative estimate of drug-likeness (QED) is 0.223. The minimum absolute atomic E-state index is 0.0303. The molecule has 3 aliphatic carbocycles. The first-order valence-electron chi connectivity index (χ1n) is 17.3. The molecule has 10 nitrogen and oxygen atoms in total. The molecule has 4 fully saturated rings. The third kappa shape index (κ3) is 7.10. The molecule has 0 N–H and O–H groups in total. The fraction of sp³-hybridized carbons (Fsp3) is 0.861. The van der Waals surface area contributed by atoms with Crippen LogP contribution in [-0.2, 0) is 47.7 Å². The SMILES string of the molecule is CC(=O)OC1CC2OC(=O)CC3C(CC[C@@]4(C)C3CCC4[C@H](C)C(OC(C)=O)C(OC(C)=O)[C@H](C)C(C)C)[C@@]2(C)CC1OC(C)=O. The summed E-state index contributed by atoms with van der Waals surface area (Å²) in [5.74, 6) is -1.23. The third-order valence-electron chi connectivity index (χ3n) is 12.6. The molecule has 0 aromatic heterocycles. The highest BCUT2D eigenvalue weighted by atomic mass is 16.6. The van der Waals surface area contributed by atoms with Crippen molar-refractivity contribution in [1.82, 2.24) is 0 Å². The molecule has 1 heterocycles. The molecule has 4 rings (SSSR count). The predicted octanol–water partition coefficient (Wildman–Crippen LogP) is 5.82. The molecule has 0 aromatic carbocycles. The molecule has 0 bridgehead atoms. The van der Waals surface area contributed by atoms with E-state index < -0.39 is 59.8 Å². The van der Waals surface area contributed by atoms with E-state index in [0.717, 1.165) is 25.7 Å². The Kier molecular flexibility index (Phi) is 10.9. The van der Waals surface area contributed by atoms with Crippen molar-refractivity contribution in [2.45, 2.75) is 145 Å². The van der Waals surface area contributed by atoms with Crippen molar-refractivity contribution in [1.29, 1.82) is 0 Å². The van der Waals surface area contributed by atoms with Gasteiger partial charge in [0.25, 0.3) is 0 Å². The molecule has 4 aliphatic rings. The van der Waals surface area contributed by atoms with Gasteiger partial charge in [0.1, 0.15) is 30.5 Å². The van der Waals surface area contributed by atoms with Crippen LogP contribution in [0.4, 0.5) is 0 Å². The Labute approximate surface area is 274 Å². The first-order chi connectivity index (χ1) is 21.4. The van der Waals surface area contributed by atoms with Crippen LogP contribution in [0.15, 0.2) is 0 Å². The second-order valence-corrected chi connectivity index (χ2v) is 15.6. The van der Waals surface area contributed by atoms with Crippen molar-refractivity contribution < 1.29 is 47.7 Å². The number of fused-ring (bicyclic) bond motifs is 5. The Morgan fingerprint density at radius 1 is 0.761 bits per heavy atom. The van der Waals surface area contributed by atoms with Crippen LogP contribution in [0.1, 0.15) is 114 Å². The lowest BCUT2D eigenvalue weighted by molar-refractivity contribution is -0.198. The Hall–Kier alpha value is -2.65. The summed E-state index contributed by atoms with van der Waals surface area (Å²) in [6.45, 7) is 18.3. The monoisotopic (exact) mass is 648 g/mol. The largest absolute Gasteiger partial charge is 0.462 e. The Morgan fingerprint density at radius 2 is 1.33 bits per heavy atom. The maximum Gasteiger partial charge on any atom is 0.306 e. The summed E-state index contributed by atoms with van der Waals surface area (Å²) in [4.78, 5) is 62.2. The van der Waals surface area contributed by atoms with Gasteiger partial charge in [0.05, 0.1) is 0 Å². The normalized spacial score (nSPS) is 38.0. The molecule has 10 heteroatoms. The van der Waals surface area contributed by atoms with Crippen LogP contribution in [0.3, 0.4) is 0 Å². The number of hydrogen-bond donors (Lipinski definition) is 0. The number of hydrogen-bond acceptors (Lipinski definition) is 10. The number of ether oxygens (including phenoxy) is 5. The summed E-state index contributed by atoms with van der Waals surface area (Å²) in [6.07, 6.45) is 1.74. The molecule has 0 spiro atoms. The highest BCUT2D eigenvalue weighted by Gasteiger charge is 2.64. The maximum atomic E-state index is 13.5. The number of rotatable bonds is 9. The van der Waals surface area contributed by atoms with Crippen LogP contribution in [-0.4, -0.2) is 60.4 Å². The fourth-order valence-electron chi connectivity index (χ4n) is 10.2. The summed E-state index contributed by atoms with van der Waals surface area (Å²) in [7, 11) is 0.